The minimum Gasteiger partial charge on any atom is -0.396 e. The van der Waals surface area contributed by atoms with Crippen LogP contribution in [0.1, 0.15) is 5.56 Å². The van der Waals surface area contributed by atoms with E-state index in [0.717, 1.165) is 6.92 Å². The van der Waals surface area contributed by atoms with Crippen molar-refractivity contribution in [3.63, 3.8) is 0 Å². The molecule has 0 unspecified atom stereocenters. The van der Waals surface area contributed by atoms with Gasteiger partial charge < -0.3 is 5.11 Å². The van der Waals surface area contributed by atoms with Crippen molar-refractivity contribution in [2.75, 3.05) is 12.4 Å². The quantitative estimate of drug-likeness (QED) is 0.498. The van der Waals surface area contributed by atoms with Crippen LogP contribution in [0.25, 0.3) is 0 Å². The topological polar surface area (TPSA) is 20.2 Å². The fourth-order valence-electron chi connectivity index (χ4n) is 0.996. The molecule has 0 aromatic heterocycles. The lowest BCUT2D eigenvalue weighted by molar-refractivity contribution is 0.322. The Hall–Kier alpha value is -0.750. The molecule has 6 heteroatoms. The first-order valence-corrected chi connectivity index (χ1v) is 5.05. The Morgan fingerprint density at radius 1 is 1.00 bits per heavy atom. The SMILES string of the molecule is Cc1c(F)c(F)c(SCCO)c(F)c1F. The predicted octanol–water partition coefficient (Wildman–Crippen LogP) is 2.64. The molecule has 0 spiro atoms. The molecule has 1 rings (SSSR count). The first-order valence-electron chi connectivity index (χ1n) is 4.06. The number of halogens is 4. The second-order valence-electron chi connectivity index (χ2n) is 2.78. The first kappa shape index (κ1) is 12.3. The van der Waals surface area contributed by atoms with Crippen molar-refractivity contribution >= 4 is 11.8 Å². The van der Waals surface area contributed by atoms with Crippen LogP contribution in [0.5, 0.6) is 0 Å². The van der Waals surface area contributed by atoms with Gasteiger partial charge in [-0.15, -0.1) is 11.8 Å². The van der Waals surface area contributed by atoms with Gasteiger partial charge in [-0.05, 0) is 6.92 Å². The van der Waals surface area contributed by atoms with Gasteiger partial charge >= 0.3 is 0 Å². The first-order chi connectivity index (χ1) is 7.00. The van der Waals surface area contributed by atoms with Crippen LogP contribution in [-0.2, 0) is 0 Å². The van der Waals surface area contributed by atoms with E-state index in [2.05, 4.69) is 0 Å². The van der Waals surface area contributed by atoms with Crippen LogP contribution in [0, 0.1) is 30.2 Å². The van der Waals surface area contributed by atoms with Crippen molar-refractivity contribution < 1.29 is 22.7 Å². The molecule has 0 amide bonds. The van der Waals surface area contributed by atoms with Crippen LogP contribution < -0.4 is 0 Å². The molecule has 0 aliphatic heterocycles. The third-order valence-corrected chi connectivity index (χ3v) is 2.81. The lowest BCUT2D eigenvalue weighted by Gasteiger charge is -2.08. The third kappa shape index (κ3) is 2.26. The molecule has 1 N–H and O–H groups in total. The zero-order chi connectivity index (χ0) is 11.6. The van der Waals surface area contributed by atoms with Crippen LogP contribution in [0.4, 0.5) is 17.6 Å². The molecular formula is C9H8F4OS. The Bertz CT molecular complexity index is 352. The average molecular weight is 240 g/mol. The van der Waals surface area contributed by atoms with Crippen molar-refractivity contribution in [2.24, 2.45) is 0 Å². The average Bonchev–Trinajstić information content (AvgIpc) is 2.24. The molecule has 0 fully saturated rings. The standard InChI is InChI=1S/C9H8F4OS/c1-4-5(10)7(12)9(15-3-2-14)8(13)6(4)11/h14H,2-3H2,1H3. The summed E-state index contributed by atoms with van der Waals surface area (Å²) in [5.41, 5.74) is -0.682. The Morgan fingerprint density at radius 2 is 1.47 bits per heavy atom. The van der Waals surface area contributed by atoms with E-state index in [1.54, 1.807) is 0 Å². The van der Waals surface area contributed by atoms with Crippen molar-refractivity contribution in [1.82, 2.24) is 0 Å². The van der Waals surface area contributed by atoms with E-state index in [1.165, 1.54) is 0 Å². The lowest BCUT2D eigenvalue weighted by atomic mass is 10.2. The molecule has 0 saturated carbocycles. The maximum absolute atomic E-state index is 13.1. The number of hydrogen-bond acceptors (Lipinski definition) is 2. The summed E-state index contributed by atoms with van der Waals surface area (Å²) >= 11 is 0.531. The van der Waals surface area contributed by atoms with E-state index in [9.17, 15) is 17.6 Å². The van der Waals surface area contributed by atoms with Gasteiger partial charge in [0.05, 0.1) is 11.5 Å². The second kappa shape index (κ2) is 4.85. The summed E-state index contributed by atoms with van der Waals surface area (Å²) in [6.07, 6.45) is 0. The largest absolute Gasteiger partial charge is 0.396 e. The van der Waals surface area contributed by atoms with Gasteiger partial charge in [-0.3, -0.25) is 0 Å². The Morgan fingerprint density at radius 3 is 1.87 bits per heavy atom. The molecule has 1 aromatic rings. The highest BCUT2D eigenvalue weighted by atomic mass is 32.2. The number of benzene rings is 1. The molecule has 0 radical (unpaired) electrons. The van der Waals surface area contributed by atoms with Crippen LogP contribution >= 0.6 is 11.8 Å². The van der Waals surface area contributed by atoms with Crippen LogP contribution in [0.3, 0.4) is 0 Å². The molecule has 0 saturated heterocycles. The van der Waals surface area contributed by atoms with Crippen molar-refractivity contribution in [2.45, 2.75) is 11.8 Å². The van der Waals surface area contributed by atoms with Gasteiger partial charge in [-0.2, -0.15) is 0 Å². The van der Waals surface area contributed by atoms with Crippen molar-refractivity contribution in [3.8, 4) is 0 Å². The molecule has 0 bridgehead atoms. The van der Waals surface area contributed by atoms with E-state index in [4.69, 9.17) is 5.11 Å². The summed E-state index contributed by atoms with van der Waals surface area (Å²) in [7, 11) is 0. The summed E-state index contributed by atoms with van der Waals surface area (Å²) < 4.78 is 52.3. The Balaban J connectivity index is 3.26. The summed E-state index contributed by atoms with van der Waals surface area (Å²) in [4.78, 5) is -0.732. The van der Waals surface area contributed by atoms with E-state index in [1.807, 2.05) is 0 Å². The van der Waals surface area contributed by atoms with Crippen LogP contribution in [0.2, 0.25) is 0 Å². The van der Waals surface area contributed by atoms with E-state index in [0.29, 0.717) is 11.8 Å². The molecule has 0 aliphatic rings. The van der Waals surface area contributed by atoms with Crippen molar-refractivity contribution in [1.29, 1.82) is 0 Å². The van der Waals surface area contributed by atoms with Gasteiger partial charge in [0.15, 0.2) is 23.3 Å². The number of aliphatic hydroxyl groups is 1. The molecule has 0 heterocycles. The number of rotatable bonds is 3. The van der Waals surface area contributed by atoms with Gasteiger partial charge in [0.1, 0.15) is 0 Å². The molecular weight excluding hydrogens is 232 g/mol. The summed E-state index contributed by atoms with van der Waals surface area (Å²) in [5.74, 6) is -5.64. The van der Waals surface area contributed by atoms with Crippen LogP contribution in [-0.4, -0.2) is 17.5 Å². The molecule has 15 heavy (non-hydrogen) atoms. The normalized spacial score (nSPS) is 10.8. The molecule has 1 aromatic carbocycles. The fourth-order valence-corrected chi connectivity index (χ4v) is 1.72. The lowest BCUT2D eigenvalue weighted by Crippen LogP contribution is -2.03. The summed E-state index contributed by atoms with van der Waals surface area (Å²) in [6, 6.07) is 0. The molecule has 1 nitrogen and oxygen atoms in total. The minimum absolute atomic E-state index is 0.0320. The minimum atomic E-state index is -1.41. The van der Waals surface area contributed by atoms with E-state index >= 15 is 0 Å². The highest BCUT2D eigenvalue weighted by Gasteiger charge is 2.22. The second-order valence-corrected chi connectivity index (χ2v) is 3.89. The van der Waals surface area contributed by atoms with Gasteiger partial charge in [0.2, 0.25) is 0 Å². The van der Waals surface area contributed by atoms with E-state index < -0.39 is 33.7 Å². The molecule has 0 aliphatic carbocycles. The zero-order valence-electron chi connectivity index (χ0n) is 7.78. The highest BCUT2D eigenvalue weighted by molar-refractivity contribution is 7.99. The maximum atomic E-state index is 13.1. The highest BCUT2D eigenvalue weighted by Crippen LogP contribution is 2.30. The molecule has 84 valence electrons. The van der Waals surface area contributed by atoms with Gasteiger partial charge in [0.25, 0.3) is 0 Å². The molecule has 0 atom stereocenters. The fraction of sp³-hybridized carbons (Fsp3) is 0.333. The predicted molar refractivity (Wildman–Crippen MR) is 48.8 cm³/mol. The maximum Gasteiger partial charge on any atom is 0.175 e. The number of aliphatic hydroxyl groups excluding tert-OH is 1. The smallest absolute Gasteiger partial charge is 0.175 e. The van der Waals surface area contributed by atoms with Gasteiger partial charge in [0, 0.05) is 11.3 Å². The van der Waals surface area contributed by atoms with E-state index in [-0.39, 0.29) is 12.4 Å². The summed E-state index contributed by atoms with van der Waals surface area (Å²) in [6.45, 7) is 0.623. The number of thioether (sulfide) groups is 1. The van der Waals surface area contributed by atoms with Crippen LogP contribution in [0.15, 0.2) is 4.90 Å². The van der Waals surface area contributed by atoms with Gasteiger partial charge in [-0.25, -0.2) is 17.6 Å². The Labute approximate surface area is 88.1 Å². The third-order valence-electron chi connectivity index (χ3n) is 1.78. The zero-order valence-corrected chi connectivity index (χ0v) is 8.60. The summed E-state index contributed by atoms with van der Waals surface area (Å²) in [5, 5.41) is 8.45. The van der Waals surface area contributed by atoms with Crippen molar-refractivity contribution in [3.05, 3.63) is 28.8 Å². The number of hydrogen-bond donors (Lipinski definition) is 1. The van der Waals surface area contributed by atoms with Gasteiger partial charge in [-0.1, -0.05) is 0 Å². The Kier molecular flexibility index (Phi) is 3.98. The monoisotopic (exact) mass is 240 g/mol.